The maximum absolute atomic E-state index is 13.0. The number of hydrogen-bond donors (Lipinski definition) is 0. The molecule has 0 saturated heterocycles. The summed E-state index contributed by atoms with van der Waals surface area (Å²) >= 11 is 3.11. The van der Waals surface area contributed by atoms with Gasteiger partial charge in [0.25, 0.3) is 5.91 Å². The molecule has 0 aliphatic carbocycles. The lowest BCUT2D eigenvalue weighted by Gasteiger charge is -2.21. The quantitative estimate of drug-likeness (QED) is 0.559. The Morgan fingerprint density at radius 3 is 2.86 bits per heavy atom. The fourth-order valence-electron chi connectivity index (χ4n) is 3.36. The summed E-state index contributed by atoms with van der Waals surface area (Å²) in [5, 5.41) is 8.23. The summed E-state index contributed by atoms with van der Waals surface area (Å²) in [5.41, 5.74) is 0.797. The number of amides is 1. The van der Waals surface area contributed by atoms with E-state index in [2.05, 4.69) is 5.10 Å². The van der Waals surface area contributed by atoms with Crippen molar-refractivity contribution in [1.29, 1.82) is 0 Å². The minimum absolute atomic E-state index is 0.0372. The molecule has 4 heterocycles. The lowest BCUT2D eigenvalue weighted by molar-refractivity contribution is -0.130. The number of ether oxygens (including phenoxy) is 2. The van der Waals surface area contributed by atoms with Gasteiger partial charge in [-0.1, -0.05) is 6.07 Å². The van der Waals surface area contributed by atoms with Crippen molar-refractivity contribution in [3.05, 3.63) is 64.7 Å². The highest BCUT2D eigenvalue weighted by Crippen LogP contribution is 2.37. The molecule has 148 valence electrons. The SMILES string of the molecule is O=C(CSc1ccc2c(c1)OCCO2)N1N=C(c2ccco2)CC1c1cccs1. The molecule has 2 aliphatic rings. The molecule has 0 radical (unpaired) electrons. The van der Waals surface area contributed by atoms with Crippen molar-refractivity contribution >= 4 is 34.7 Å². The fraction of sp³-hybridized carbons (Fsp3) is 0.238. The third-order valence-corrected chi connectivity index (χ3v) is 6.67. The number of thioether (sulfide) groups is 1. The van der Waals surface area contributed by atoms with Crippen molar-refractivity contribution in [3.63, 3.8) is 0 Å². The number of hydrazone groups is 1. The molecule has 6 nitrogen and oxygen atoms in total. The molecule has 8 heteroatoms. The van der Waals surface area contributed by atoms with Gasteiger partial charge in [-0.05, 0) is 41.8 Å². The van der Waals surface area contributed by atoms with Crippen LogP contribution >= 0.6 is 23.1 Å². The van der Waals surface area contributed by atoms with E-state index in [4.69, 9.17) is 13.9 Å². The van der Waals surface area contributed by atoms with Crippen LogP contribution in [-0.2, 0) is 4.79 Å². The van der Waals surface area contributed by atoms with Crippen LogP contribution in [0, 0.1) is 0 Å². The van der Waals surface area contributed by atoms with Crippen LogP contribution in [0.5, 0.6) is 11.5 Å². The van der Waals surface area contributed by atoms with E-state index in [0.29, 0.717) is 25.4 Å². The second-order valence-corrected chi connectivity index (χ2v) is 8.62. The Kier molecular flexibility index (Phi) is 5.03. The Bertz CT molecular complexity index is 1030. The van der Waals surface area contributed by atoms with Crippen LogP contribution in [0.15, 0.2) is 68.5 Å². The number of carbonyl (C=O) groups is 1. The number of nitrogens with zero attached hydrogens (tertiary/aromatic N) is 2. The molecular weight excluding hydrogens is 408 g/mol. The third-order valence-electron chi connectivity index (χ3n) is 4.72. The van der Waals surface area contributed by atoms with Crippen molar-refractivity contribution in [2.24, 2.45) is 5.10 Å². The van der Waals surface area contributed by atoms with E-state index in [1.165, 1.54) is 11.8 Å². The van der Waals surface area contributed by atoms with Gasteiger partial charge in [-0.25, -0.2) is 5.01 Å². The summed E-state index contributed by atoms with van der Waals surface area (Å²) in [5.74, 6) is 2.43. The second-order valence-electron chi connectivity index (χ2n) is 6.59. The third kappa shape index (κ3) is 3.77. The van der Waals surface area contributed by atoms with Crippen LogP contribution in [0.1, 0.15) is 23.1 Å². The lowest BCUT2D eigenvalue weighted by atomic mass is 10.1. The molecule has 2 aromatic heterocycles. The first-order valence-corrected chi connectivity index (χ1v) is 11.1. The molecule has 0 bridgehead atoms. The molecule has 1 amide bonds. The Morgan fingerprint density at radius 2 is 2.07 bits per heavy atom. The van der Waals surface area contributed by atoms with Gasteiger partial charge in [-0.2, -0.15) is 5.10 Å². The van der Waals surface area contributed by atoms with E-state index in [1.54, 1.807) is 22.6 Å². The molecule has 0 N–H and O–H groups in total. The normalized spacial score (nSPS) is 18.0. The van der Waals surface area contributed by atoms with Crippen molar-refractivity contribution in [2.45, 2.75) is 17.4 Å². The van der Waals surface area contributed by atoms with Crippen molar-refractivity contribution < 1.29 is 18.7 Å². The van der Waals surface area contributed by atoms with Crippen LogP contribution in [0.2, 0.25) is 0 Å². The zero-order valence-electron chi connectivity index (χ0n) is 15.4. The van der Waals surface area contributed by atoms with Gasteiger partial charge >= 0.3 is 0 Å². The topological polar surface area (TPSA) is 64.3 Å². The largest absolute Gasteiger partial charge is 0.486 e. The number of benzene rings is 1. The first-order valence-electron chi connectivity index (χ1n) is 9.27. The van der Waals surface area contributed by atoms with Gasteiger partial charge < -0.3 is 13.9 Å². The average Bonchev–Trinajstić information content (AvgIpc) is 3.52. The number of carbonyl (C=O) groups excluding carboxylic acids is 1. The zero-order chi connectivity index (χ0) is 19.6. The van der Waals surface area contributed by atoms with Crippen LogP contribution < -0.4 is 9.47 Å². The molecule has 0 fully saturated rings. The first kappa shape index (κ1) is 18.3. The maximum atomic E-state index is 13.0. The fourth-order valence-corrected chi connectivity index (χ4v) is 4.95. The standard InChI is InChI=1S/C21H18N2O4S2/c24-21(13-29-14-5-6-18-19(11-14)27-9-8-26-18)23-16(20-4-2-10-28-20)12-15(22-23)17-3-1-7-25-17/h1-7,10-11,16H,8-9,12-13H2. The van der Waals surface area contributed by atoms with Crippen molar-refractivity contribution in [3.8, 4) is 11.5 Å². The van der Waals surface area contributed by atoms with Crippen LogP contribution in [0.3, 0.4) is 0 Å². The van der Waals surface area contributed by atoms with Gasteiger partial charge in [-0.15, -0.1) is 23.1 Å². The van der Waals surface area contributed by atoms with Crippen LogP contribution in [0.4, 0.5) is 0 Å². The van der Waals surface area contributed by atoms with Crippen LogP contribution in [0.25, 0.3) is 0 Å². The summed E-state index contributed by atoms with van der Waals surface area (Å²) < 4.78 is 16.7. The number of hydrogen-bond acceptors (Lipinski definition) is 7. The molecule has 1 unspecified atom stereocenters. The summed E-state index contributed by atoms with van der Waals surface area (Å²) in [7, 11) is 0. The van der Waals surface area contributed by atoms with E-state index in [1.807, 2.05) is 47.8 Å². The van der Waals surface area contributed by atoms with Gasteiger partial charge in [0, 0.05) is 16.2 Å². The molecular formula is C21H18N2O4S2. The van der Waals surface area contributed by atoms with Crippen LogP contribution in [-0.4, -0.2) is 35.6 Å². The number of thiophene rings is 1. The summed E-state index contributed by atoms with van der Waals surface area (Å²) in [4.78, 5) is 15.1. The number of fused-ring (bicyclic) bond motifs is 1. The summed E-state index contributed by atoms with van der Waals surface area (Å²) in [6, 6.07) is 13.4. The number of furan rings is 1. The minimum Gasteiger partial charge on any atom is -0.486 e. The highest BCUT2D eigenvalue weighted by molar-refractivity contribution is 8.00. The molecule has 2 aliphatic heterocycles. The minimum atomic E-state index is -0.0940. The molecule has 29 heavy (non-hydrogen) atoms. The van der Waals surface area contributed by atoms with E-state index < -0.39 is 0 Å². The Morgan fingerprint density at radius 1 is 1.17 bits per heavy atom. The molecule has 5 rings (SSSR count). The van der Waals surface area contributed by atoms with E-state index in [-0.39, 0.29) is 17.7 Å². The zero-order valence-corrected chi connectivity index (χ0v) is 17.1. The molecule has 0 saturated carbocycles. The van der Waals surface area contributed by atoms with Gasteiger partial charge in [0.2, 0.25) is 0 Å². The number of rotatable bonds is 5. The Labute approximate surface area is 176 Å². The lowest BCUT2D eigenvalue weighted by Crippen LogP contribution is -2.28. The maximum Gasteiger partial charge on any atom is 0.253 e. The highest BCUT2D eigenvalue weighted by Gasteiger charge is 2.34. The predicted molar refractivity (Wildman–Crippen MR) is 112 cm³/mol. The summed E-state index contributed by atoms with van der Waals surface area (Å²) in [6.07, 6.45) is 2.27. The monoisotopic (exact) mass is 426 g/mol. The van der Waals surface area contributed by atoms with Crippen molar-refractivity contribution in [2.75, 3.05) is 19.0 Å². The molecule has 0 spiro atoms. The van der Waals surface area contributed by atoms with E-state index >= 15 is 0 Å². The molecule has 1 atom stereocenters. The van der Waals surface area contributed by atoms with Gasteiger partial charge in [0.15, 0.2) is 11.5 Å². The Balaban J connectivity index is 1.32. The highest BCUT2D eigenvalue weighted by atomic mass is 32.2. The van der Waals surface area contributed by atoms with Gasteiger partial charge in [0.1, 0.15) is 24.7 Å². The average molecular weight is 427 g/mol. The van der Waals surface area contributed by atoms with E-state index in [0.717, 1.165) is 27.0 Å². The summed E-state index contributed by atoms with van der Waals surface area (Å²) in [6.45, 7) is 1.10. The van der Waals surface area contributed by atoms with E-state index in [9.17, 15) is 4.79 Å². The Hall–Kier alpha value is -2.71. The van der Waals surface area contributed by atoms with Gasteiger partial charge in [-0.3, -0.25) is 4.79 Å². The van der Waals surface area contributed by atoms with Gasteiger partial charge in [0.05, 0.1) is 18.1 Å². The van der Waals surface area contributed by atoms with Crippen molar-refractivity contribution in [1.82, 2.24) is 5.01 Å². The molecule has 3 aromatic rings. The second kappa shape index (κ2) is 7.96. The molecule has 1 aromatic carbocycles. The smallest absolute Gasteiger partial charge is 0.253 e. The predicted octanol–water partition coefficient (Wildman–Crippen LogP) is 4.58. The first-order chi connectivity index (χ1) is 14.3.